The molecule has 0 heterocycles. The molecule has 7 rings (SSSR count). The first kappa shape index (κ1) is 23.0. The Morgan fingerprint density at radius 2 is 0.842 bits per heavy atom. The molecule has 184 valence electrons. The molecule has 0 amide bonds. The SMILES string of the molecule is OS(O)(O)c1ccc(-c2c3ccccc3c(-c3cc4ccccc4c4ccccc34)c3ccccc23)cc1. The van der Waals surface area contributed by atoms with E-state index in [1.54, 1.807) is 12.1 Å². The standard InChI is InChI=1S/C34H24O3S/c35-38(36,37)24-19-17-22(18-20-24)33-28-13-5-7-15-30(28)34(31-16-8-6-14-29(31)33)32-21-23-9-1-2-10-25(23)26-11-3-4-12-27(26)32/h1-21,35-37H. The predicted molar refractivity (Wildman–Crippen MR) is 161 cm³/mol. The van der Waals surface area contributed by atoms with Crippen molar-refractivity contribution in [1.29, 1.82) is 0 Å². The molecule has 0 radical (unpaired) electrons. The molecule has 38 heavy (non-hydrogen) atoms. The van der Waals surface area contributed by atoms with Crippen LogP contribution in [0.15, 0.2) is 132 Å². The normalized spacial score (nSPS) is 12.5. The highest BCUT2D eigenvalue weighted by Gasteiger charge is 2.20. The minimum Gasteiger partial charge on any atom is -0.304 e. The number of benzene rings is 7. The summed E-state index contributed by atoms with van der Waals surface area (Å²) in [4.78, 5) is 0.106. The van der Waals surface area contributed by atoms with Crippen molar-refractivity contribution in [2.75, 3.05) is 0 Å². The Morgan fingerprint density at radius 1 is 0.395 bits per heavy atom. The third-order valence-electron chi connectivity index (χ3n) is 7.43. The van der Waals surface area contributed by atoms with E-state index in [2.05, 4.69) is 103 Å². The molecule has 0 aromatic heterocycles. The summed E-state index contributed by atoms with van der Waals surface area (Å²) in [6, 6.07) is 43.3. The molecule has 0 atom stereocenters. The Morgan fingerprint density at radius 3 is 1.39 bits per heavy atom. The van der Waals surface area contributed by atoms with Crippen molar-refractivity contribution < 1.29 is 13.7 Å². The molecule has 3 N–H and O–H groups in total. The lowest BCUT2D eigenvalue weighted by Gasteiger charge is -2.21. The summed E-state index contributed by atoms with van der Waals surface area (Å²) in [6.07, 6.45) is 0. The Bertz CT molecular complexity index is 1950. The van der Waals surface area contributed by atoms with Crippen molar-refractivity contribution in [2.45, 2.75) is 4.90 Å². The van der Waals surface area contributed by atoms with Crippen molar-refractivity contribution in [3.63, 3.8) is 0 Å². The minimum atomic E-state index is -3.77. The number of hydrogen-bond acceptors (Lipinski definition) is 3. The van der Waals surface area contributed by atoms with Crippen LogP contribution in [0, 0.1) is 0 Å². The summed E-state index contributed by atoms with van der Waals surface area (Å²) in [5, 5.41) is 9.42. The Labute approximate surface area is 221 Å². The van der Waals surface area contributed by atoms with Gasteiger partial charge in [0.15, 0.2) is 0 Å². The van der Waals surface area contributed by atoms with Gasteiger partial charge in [-0.05, 0) is 83.5 Å². The molecule has 0 fully saturated rings. The van der Waals surface area contributed by atoms with Crippen LogP contribution in [0.2, 0.25) is 0 Å². The third-order valence-corrected chi connectivity index (χ3v) is 8.33. The molecule has 7 aromatic rings. The van der Waals surface area contributed by atoms with Crippen LogP contribution in [0.4, 0.5) is 0 Å². The molecule has 0 saturated carbocycles. The van der Waals surface area contributed by atoms with Gasteiger partial charge >= 0.3 is 0 Å². The summed E-state index contributed by atoms with van der Waals surface area (Å²) in [7, 11) is -3.77. The molecule has 0 spiro atoms. The highest BCUT2D eigenvalue weighted by Crippen LogP contribution is 2.48. The van der Waals surface area contributed by atoms with E-state index in [0.29, 0.717) is 0 Å². The van der Waals surface area contributed by atoms with Gasteiger partial charge in [0.2, 0.25) is 0 Å². The average Bonchev–Trinajstić information content (AvgIpc) is 2.95. The summed E-state index contributed by atoms with van der Waals surface area (Å²) in [5.74, 6) is 0. The van der Waals surface area contributed by atoms with Gasteiger partial charge in [-0.2, -0.15) is 0 Å². The number of hydrogen-bond donors (Lipinski definition) is 3. The second kappa shape index (κ2) is 8.69. The zero-order chi connectivity index (χ0) is 25.9. The van der Waals surface area contributed by atoms with Crippen LogP contribution in [-0.2, 0) is 0 Å². The van der Waals surface area contributed by atoms with Gasteiger partial charge in [-0.25, -0.2) is 0 Å². The van der Waals surface area contributed by atoms with E-state index in [1.807, 2.05) is 12.1 Å². The molecule has 0 aliphatic heterocycles. The third kappa shape index (κ3) is 3.58. The minimum absolute atomic E-state index is 0.106. The number of fused-ring (bicyclic) bond motifs is 5. The molecule has 7 aromatic carbocycles. The molecule has 0 aliphatic rings. The van der Waals surface area contributed by atoms with Crippen LogP contribution in [0.3, 0.4) is 0 Å². The summed E-state index contributed by atoms with van der Waals surface area (Å²) in [5.41, 5.74) is 4.41. The quantitative estimate of drug-likeness (QED) is 0.163. The molecule has 0 unspecified atom stereocenters. The monoisotopic (exact) mass is 512 g/mol. The average molecular weight is 513 g/mol. The van der Waals surface area contributed by atoms with Gasteiger partial charge in [-0.1, -0.05) is 109 Å². The maximum Gasteiger partial charge on any atom is 0.112 e. The van der Waals surface area contributed by atoms with Crippen LogP contribution < -0.4 is 0 Å². The highest BCUT2D eigenvalue weighted by atomic mass is 32.3. The topological polar surface area (TPSA) is 60.7 Å². The molecule has 0 bridgehead atoms. The molecule has 4 heteroatoms. The van der Waals surface area contributed by atoms with Gasteiger partial charge in [-0.15, -0.1) is 0 Å². The summed E-state index contributed by atoms with van der Waals surface area (Å²) in [6.45, 7) is 0. The maximum absolute atomic E-state index is 9.71. The van der Waals surface area contributed by atoms with Gasteiger partial charge in [0, 0.05) is 0 Å². The fourth-order valence-corrected chi connectivity index (χ4v) is 6.30. The fourth-order valence-electron chi connectivity index (χ4n) is 5.79. The van der Waals surface area contributed by atoms with Gasteiger partial charge in [0.1, 0.15) is 10.9 Å². The smallest absolute Gasteiger partial charge is 0.112 e. The second-order valence-corrected chi connectivity index (χ2v) is 11.1. The first-order chi connectivity index (χ1) is 18.5. The zero-order valence-corrected chi connectivity index (χ0v) is 21.2. The Balaban J connectivity index is 1.62. The van der Waals surface area contributed by atoms with Gasteiger partial charge < -0.3 is 13.7 Å². The molecule has 0 saturated heterocycles. The number of rotatable bonds is 3. The lowest BCUT2D eigenvalue weighted by Crippen LogP contribution is -1.96. The predicted octanol–water partition coefficient (Wildman–Crippen LogP) is 10.2. The van der Waals surface area contributed by atoms with Crippen LogP contribution in [-0.4, -0.2) is 13.7 Å². The lowest BCUT2D eigenvalue weighted by molar-refractivity contribution is 0.376. The fraction of sp³-hybridized carbons (Fsp3) is 0. The van der Waals surface area contributed by atoms with E-state index in [9.17, 15) is 13.7 Å². The molecular weight excluding hydrogens is 488 g/mol. The van der Waals surface area contributed by atoms with Gasteiger partial charge in [-0.3, -0.25) is 0 Å². The van der Waals surface area contributed by atoms with E-state index >= 15 is 0 Å². The van der Waals surface area contributed by atoms with Crippen molar-refractivity contribution in [2.24, 2.45) is 0 Å². The molecule has 0 aliphatic carbocycles. The van der Waals surface area contributed by atoms with Crippen LogP contribution in [0.25, 0.3) is 65.3 Å². The van der Waals surface area contributed by atoms with Crippen molar-refractivity contribution in [3.05, 3.63) is 127 Å². The summed E-state index contributed by atoms with van der Waals surface area (Å²) < 4.78 is 29.1. The van der Waals surface area contributed by atoms with Crippen LogP contribution in [0.1, 0.15) is 0 Å². The van der Waals surface area contributed by atoms with Gasteiger partial charge in [0.05, 0.1) is 4.90 Å². The van der Waals surface area contributed by atoms with E-state index in [4.69, 9.17) is 0 Å². The van der Waals surface area contributed by atoms with Gasteiger partial charge in [0.25, 0.3) is 0 Å². The van der Waals surface area contributed by atoms with Crippen LogP contribution in [0.5, 0.6) is 0 Å². The largest absolute Gasteiger partial charge is 0.304 e. The van der Waals surface area contributed by atoms with Crippen LogP contribution >= 0.6 is 10.9 Å². The Kier molecular flexibility index (Phi) is 5.25. The van der Waals surface area contributed by atoms with E-state index in [1.165, 1.54) is 32.7 Å². The van der Waals surface area contributed by atoms with E-state index in [-0.39, 0.29) is 4.90 Å². The molecule has 3 nitrogen and oxygen atoms in total. The van der Waals surface area contributed by atoms with E-state index in [0.717, 1.165) is 32.7 Å². The maximum atomic E-state index is 9.71. The molecular formula is C34H24O3S. The second-order valence-electron chi connectivity index (χ2n) is 9.58. The van der Waals surface area contributed by atoms with E-state index < -0.39 is 10.9 Å². The van der Waals surface area contributed by atoms with Crippen molar-refractivity contribution in [3.8, 4) is 22.3 Å². The summed E-state index contributed by atoms with van der Waals surface area (Å²) >= 11 is 0. The van der Waals surface area contributed by atoms with Crippen molar-refractivity contribution >= 4 is 54.0 Å². The zero-order valence-electron chi connectivity index (χ0n) is 20.4. The van der Waals surface area contributed by atoms with Crippen molar-refractivity contribution in [1.82, 2.24) is 0 Å². The Hall–Kier alpha value is -4.19. The lowest BCUT2D eigenvalue weighted by atomic mass is 9.84. The first-order valence-electron chi connectivity index (χ1n) is 12.5. The first-order valence-corrected chi connectivity index (χ1v) is 14.0. The highest BCUT2D eigenvalue weighted by molar-refractivity contribution is 8.19.